The van der Waals surface area contributed by atoms with Crippen LogP contribution in [0.15, 0.2) is 66.7 Å². The highest BCUT2D eigenvalue weighted by Crippen LogP contribution is 2.31. The fourth-order valence-electron chi connectivity index (χ4n) is 3.50. The maximum Gasteiger partial charge on any atom is 0.337 e. The molecule has 0 unspecified atom stereocenters. The van der Waals surface area contributed by atoms with Gasteiger partial charge in [0.1, 0.15) is 0 Å². The number of methoxy groups -OCH3 is 1. The van der Waals surface area contributed by atoms with E-state index in [1.54, 1.807) is 0 Å². The van der Waals surface area contributed by atoms with Crippen molar-refractivity contribution in [1.29, 1.82) is 0 Å². The Balaban J connectivity index is 1.84. The summed E-state index contributed by atoms with van der Waals surface area (Å²) in [6, 6.07) is 22.6. The Bertz CT molecular complexity index is 1070. The molecule has 0 N–H and O–H groups in total. The zero-order valence-electron chi connectivity index (χ0n) is 14.3. The number of benzene rings is 3. The van der Waals surface area contributed by atoms with Crippen molar-refractivity contribution in [3.63, 3.8) is 0 Å². The van der Waals surface area contributed by atoms with Crippen LogP contribution >= 0.6 is 0 Å². The molecule has 4 rings (SSSR count). The van der Waals surface area contributed by atoms with Crippen LogP contribution in [-0.4, -0.2) is 17.6 Å². The zero-order valence-corrected chi connectivity index (χ0v) is 14.3. The van der Waals surface area contributed by atoms with Gasteiger partial charge in [-0.1, -0.05) is 48.5 Å². The number of rotatable bonds is 3. The summed E-state index contributed by atoms with van der Waals surface area (Å²) in [4.78, 5) is 11.6. The Morgan fingerprint density at radius 2 is 1.64 bits per heavy atom. The predicted octanol–water partition coefficient (Wildman–Crippen LogP) is 4.94. The van der Waals surface area contributed by atoms with Crippen LogP contribution in [0.4, 0.5) is 0 Å². The molecule has 3 heteroatoms. The molecule has 0 saturated heterocycles. The topological polar surface area (TPSA) is 31.2 Å². The van der Waals surface area contributed by atoms with Crippen LogP contribution < -0.4 is 0 Å². The number of carbonyl (C=O) groups is 1. The molecule has 1 aromatic heterocycles. The lowest BCUT2D eigenvalue weighted by Gasteiger charge is -2.10. The van der Waals surface area contributed by atoms with Gasteiger partial charge in [0.2, 0.25) is 0 Å². The van der Waals surface area contributed by atoms with E-state index in [0.717, 1.165) is 12.1 Å². The van der Waals surface area contributed by atoms with Crippen molar-refractivity contribution in [3.05, 3.63) is 83.4 Å². The fourth-order valence-corrected chi connectivity index (χ4v) is 3.50. The van der Waals surface area contributed by atoms with E-state index in [9.17, 15) is 4.79 Å². The minimum atomic E-state index is -0.306. The van der Waals surface area contributed by atoms with Crippen molar-refractivity contribution >= 4 is 27.8 Å². The molecule has 1 heterocycles. The molecule has 25 heavy (non-hydrogen) atoms. The summed E-state index contributed by atoms with van der Waals surface area (Å²) >= 11 is 0. The van der Waals surface area contributed by atoms with Crippen LogP contribution in [0.2, 0.25) is 0 Å². The van der Waals surface area contributed by atoms with E-state index < -0.39 is 0 Å². The number of fused-ring (bicyclic) bond motifs is 3. The Labute approximate surface area is 146 Å². The van der Waals surface area contributed by atoms with Gasteiger partial charge in [-0.25, -0.2) is 4.79 Å². The number of para-hydroxylation sites is 2. The average Bonchev–Trinajstić information content (AvgIpc) is 2.97. The summed E-state index contributed by atoms with van der Waals surface area (Å²) < 4.78 is 7.12. The SMILES string of the molecule is COC(=O)c1ccc(Cn2c3ccccc3c3cccc(C)c32)cc1. The monoisotopic (exact) mass is 329 g/mol. The standard InChI is InChI=1S/C22H19NO2/c1-15-6-5-8-19-18-7-3-4-9-20(18)23(21(15)19)14-16-10-12-17(13-11-16)22(24)25-2/h3-13H,14H2,1-2H3. The number of ether oxygens (including phenoxy) is 1. The highest BCUT2D eigenvalue weighted by atomic mass is 16.5. The minimum absolute atomic E-state index is 0.306. The first-order chi connectivity index (χ1) is 12.2. The van der Waals surface area contributed by atoms with Gasteiger partial charge < -0.3 is 9.30 Å². The van der Waals surface area contributed by atoms with Crippen molar-refractivity contribution < 1.29 is 9.53 Å². The van der Waals surface area contributed by atoms with E-state index in [-0.39, 0.29) is 5.97 Å². The molecule has 0 spiro atoms. The third kappa shape index (κ3) is 2.58. The molecular formula is C22H19NO2. The fraction of sp³-hybridized carbons (Fsp3) is 0.136. The Morgan fingerprint density at radius 3 is 2.40 bits per heavy atom. The molecule has 0 bridgehead atoms. The number of aromatic nitrogens is 1. The van der Waals surface area contributed by atoms with Crippen molar-refractivity contribution in [3.8, 4) is 0 Å². The number of aryl methyl sites for hydroxylation is 1. The van der Waals surface area contributed by atoms with Gasteiger partial charge in [-0.05, 0) is 36.2 Å². The lowest BCUT2D eigenvalue weighted by molar-refractivity contribution is 0.0600. The lowest BCUT2D eigenvalue weighted by Crippen LogP contribution is -2.03. The van der Waals surface area contributed by atoms with Crippen molar-refractivity contribution in [2.24, 2.45) is 0 Å². The Hall–Kier alpha value is -3.07. The second kappa shape index (κ2) is 6.10. The molecule has 0 saturated carbocycles. The van der Waals surface area contributed by atoms with Crippen LogP contribution in [0.1, 0.15) is 21.5 Å². The highest BCUT2D eigenvalue weighted by Gasteiger charge is 2.12. The molecule has 3 aromatic carbocycles. The largest absolute Gasteiger partial charge is 0.465 e. The molecule has 0 fully saturated rings. The summed E-state index contributed by atoms with van der Waals surface area (Å²) in [7, 11) is 1.40. The highest BCUT2D eigenvalue weighted by molar-refractivity contribution is 6.09. The molecule has 0 radical (unpaired) electrons. The number of nitrogens with zero attached hydrogens (tertiary/aromatic N) is 1. The number of esters is 1. The molecule has 0 amide bonds. The molecule has 0 atom stereocenters. The van der Waals surface area contributed by atoms with Gasteiger partial charge in [0, 0.05) is 22.8 Å². The van der Waals surface area contributed by atoms with Gasteiger partial charge in [-0.3, -0.25) is 0 Å². The van der Waals surface area contributed by atoms with Crippen LogP contribution in [0.5, 0.6) is 0 Å². The Kier molecular flexibility index (Phi) is 3.77. The van der Waals surface area contributed by atoms with Gasteiger partial charge in [-0.15, -0.1) is 0 Å². The van der Waals surface area contributed by atoms with Crippen molar-refractivity contribution in [1.82, 2.24) is 4.57 Å². The molecule has 124 valence electrons. The lowest BCUT2D eigenvalue weighted by atomic mass is 10.1. The van der Waals surface area contributed by atoms with Gasteiger partial charge in [0.25, 0.3) is 0 Å². The summed E-state index contributed by atoms with van der Waals surface area (Å²) in [5.41, 5.74) is 5.48. The number of carbonyl (C=O) groups excluding carboxylic acids is 1. The summed E-state index contributed by atoms with van der Waals surface area (Å²) in [5.74, 6) is -0.306. The smallest absolute Gasteiger partial charge is 0.337 e. The quantitative estimate of drug-likeness (QED) is 0.499. The second-order valence-corrected chi connectivity index (χ2v) is 6.26. The van der Waals surface area contributed by atoms with Gasteiger partial charge >= 0.3 is 5.97 Å². The first-order valence-electron chi connectivity index (χ1n) is 8.33. The van der Waals surface area contributed by atoms with Crippen molar-refractivity contribution in [2.45, 2.75) is 13.5 Å². The first kappa shape index (κ1) is 15.5. The molecule has 0 aliphatic heterocycles. The van der Waals surface area contributed by atoms with E-state index in [4.69, 9.17) is 4.74 Å². The molecule has 0 aliphatic carbocycles. The predicted molar refractivity (Wildman–Crippen MR) is 101 cm³/mol. The number of hydrogen-bond acceptors (Lipinski definition) is 2. The van der Waals surface area contributed by atoms with Gasteiger partial charge in [0.05, 0.1) is 18.2 Å². The summed E-state index contributed by atoms with van der Waals surface area (Å²) in [6.07, 6.45) is 0. The van der Waals surface area contributed by atoms with E-state index >= 15 is 0 Å². The van der Waals surface area contributed by atoms with Crippen molar-refractivity contribution in [2.75, 3.05) is 7.11 Å². The van der Waals surface area contributed by atoms with E-state index in [2.05, 4.69) is 54.0 Å². The van der Waals surface area contributed by atoms with Crippen LogP contribution in [0, 0.1) is 6.92 Å². The van der Waals surface area contributed by atoms with Crippen LogP contribution in [0.3, 0.4) is 0 Å². The van der Waals surface area contributed by atoms with E-state index in [1.165, 1.54) is 34.5 Å². The Morgan fingerprint density at radius 1 is 0.920 bits per heavy atom. The van der Waals surface area contributed by atoms with Crippen LogP contribution in [0.25, 0.3) is 21.8 Å². The second-order valence-electron chi connectivity index (χ2n) is 6.26. The van der Waals surface area contributed by atoms with E-state index in [0.29, 0.717) is 5.56 Å². The third-order valence-corrected chi connectivity index (χ3v) is 4.71. The first-order valence-corrected chi connectivity index (χ1v) is 8.33. The molecule has 0 aliphatic rings. The zero-order chi connectivity index (χ0) is 17.4. The molecule has 4 aromatic rings. The van der Waals surface area contributed by atoms with Crippen LogP contribution in [-0.2, 0) is 11.3 Å². The number of hydrogen-bond donors (Lipinski definition) is 0. The third-order valence-electron chi connectivity index (χ3n) is 4.71. The summed E-state index contributed by atoms with van der Waals surface area (Å²) in [6.45, 7) is 2.91. The van der Waals surface area contributed by atoms with E-state index in [1.807, 2.05) is 24.3 Å². The molecule has 3 nitrogen and oxygen atoms in total. The normalized spacial score (nSPS) is 11.1. The summed E-state index contributed by atoms with van der Waals surface area (Å²) in [5, 5.41) is 2.55. The van der Waals surface area contributed by atoms with Gasteiger partial charge in [-0.2, -0.15) is 0 Å². The maximum absolute atomic E-state index is 11.6. The van der Waals surface area contributed by atoms with Gasteiger partial charge in [0.15, 0.2) is 0 Å². The maximum atomic E-state index is 11.6. The average molecular weight is 329 g/mol. The molecular weight excluding hydrogens is 310 g/mol. The minimum Gasteiger partial charge on any atom is -0.465 e.